The number of likely N-dealkylation sites (tertiary alicyclic amines) is 1. The van der Waals surface area contributed by atoms with Crippen LogP contribution in [0.25, 0.3) is 0 Å². The smallest absolute Gasteiger partial charge is 0.317 e. The fourth-order valence-electron chi connectivity index (χ4n) is 2.35. The summed E-state index contributed by atoms with van der Waals surface area (Å²) in [5.41, 5.74) is 0. The summed E-state index contributed by atoms with van der Waals surface area (Å²) in [4.78, 5) is 24.4. The van der Waals surface area contributed by atoms with Gasteiger partial charge in [-0.05, 0) is 32.1 Å². The maximum Gasteiger partial charge on any atom is 0.317 e. The number of unbranched alkanes of at least 4 members (excludes halogenated alkanes) is 1. The first-order valence-corrected chi connectivity index (χ1v) is 6.85. The van der Waals surface area contributed by atoms with Gasteiger partial charge in [-0.1, -0.05) is 0 Å². The summed E-state index contributed by atoms with van der Waals surface area (Å²) in [6.07, 6.45) is 10.2. The Kier molecular flexibility index (Phi) is 6.80. The SMILES string of the molecule is C#CCCCNC(=O)N1CCCCC1CCC(=O)O. The first-order valence-electron chi connectivity index (χ1n) is 6.85. The molecule has 1 atom stereocenters. The lowest BCUT2D eigenvalue weighted by Crippen LogP contribution is -2.49. The predicted octanol–water partition coefficient (Wildman–Crippen LogP) is 1.83. The van der Waals surface area contributed by atoms with Crippen LogP contribution in [0.15, 0.2) is 0 Å². The molecule has 106 valence electrons. The van der Waals surface area contributed by atoms with E-state index in [0.29, 0.717) is 25.9 Å². The molecule has 0 aromatic heterocycles. The number of carboxylic acid groups (broad SMARTS) is 1. The van der Waals surface area contributed by atoms with Gasteiger partial charge in [0.15, 0.2) is 0 Å². The van der Waals surface area contributed by atoms with Crippen molar-refractivity contribution in [3.63, 3.8) is 0 Å². The quantitative estimate of drug-likeness (QED) is 0.569. The van der Waals surface area contributed by atoms with Crippen LogP contribution in [0.4, 0.5) is 4.79 Å². The molecular weight excluding hydrogens is 244 g/mol. The van der Waals surface area contributed by atoms with Crippen molar-refractivity contribution in [1.29, 1.82) is 0 Å². The predicted molar refractivity (Wildman–Crippen MR) is 72.7 cm³/mol. The standard InChI is InChI=1S/C14H22N2O3/c1-2-3-5-10-15-14(19)16-11-6-4-7-12(16)8-9-13(17)18/h1,12H,3-11H2,(H,15,19)(H,17,18). The topological polar surface area (TPSA) is 69.6 Å². The number of aliphatic carboxylic acids is 1. The van der Waals surface area contributed by atoms with Gasteiger partial charge in [0.1, 0.15) is 0 Å². The number of hydrogen-bond donors (Lipinski definition) is 2. The number of rotatable bonds is 6. The summed E-state index contributed by atoms with van der Waals surface area (Å²) in [6.45, 7) is 1.29. The number of urea groups is 1. The zero-order valence-electron chi connectivity index (χ0n) is 11.2. The van der Waals surface area contributed by atoms with E-state index in [0.717, 1.165) is 25.7 Å². The molecule has 0 aromatic rings. The number of nitrogens with one attached hydrogen (secondary N) is 1. The molecule has 2 amide bonds. The number of amides is 2. The average Bonchev–Trinajstić information content (AvgIpc) is 2.41. The molecule has 0 spiro atoms. The Labute approximate surface area is 114 Å². The molecule has 1 aliphatic rings. The maximum absolute atomic E-state index is 12.0. The Morgan fingerprint density at radius 1 is 1.42 bits per heavy atom. The molecule has 1 saturated heterocycles. The highest BCUT2D eigenvalue weighted by Crippen LogP contribution is 2.20. The third kappa shape index (κ3) is 5.64. The number of terminal acetylenes is 1. The van der Waals surface area contributed by atoms with Crippen LogP contribution in [-0.2, 0) is 4.79 Å². The molecule has 0 aliphatic carbocycles. The van der Waals surface area contributed by atoms with Gasteiger partial charge in [-0.3, -0.25) is 4.79 Å². The molecule has 5 heteroatoms. The van der Waals surface area contributed by atoms with E-state index in [2.05, 4.69) is 11.2 Å². The number of hydrogen-bond acceptors (Lipinski definition) is 2. The molecule has 1 heterocycles. The van der Waals surface area contributed by atoms with Gasteiger partial charge in [-0.25, -0.2) is 4.79 Å². The summed E-state index contributed by atoms with van der Waals surface area (Å²) in [5, 5.41) is 11.6. The third-order valence-corrected chi connectivity index (χ3v) is 3.35. The summed E-state index contributed by atoms with van der Waals surface area (Å²) in [6, 6.07) is -0.0374. The first kappa shape index (κ1) is 15.4. The number of piperidine rings is 1. The van der Waals surface area contributed by atoms with Crippen molar-refractivity contribution in [2.24, 2.45) is 0 Å². The van der Waals surface area contributed by atoms with E-state index in [-0.39, 0.29) is 18.5 Å². The van der Waals surface area contributed by atoms with E-state index in [1.165, 1.54) is 0 Å². The Hall–Kier alpha value is -1.70. The van der Waals surface area contributed by atoms with Gasteiger partial charge >= 0.3 is 12.0 Å². The normalized spacial score (nSPS) is 18.7. The molecule has 5 nitrogen and oxygen atoms in total. The summed E-state index contributed by atoms with van der Waals surface area (Å²) >= 11 is 0. The number of carbonyl (C=O) groups is 2. The van der Waals surface area contributed by atoms with Crippen molar-refractivity contribution < 1.29 is 14.7 Å². The van der Waals surface area contributed by atoms with Gasteiger partial charge in [0.2, 0.25) is 0 Å². The number of carboxylic acids is 1. The third-order valence-electron chi connectivity index (χ3n) is 3.35. The molecule has 2 N–H and O–H groups in total. The van der Waals surface area contributed by atoms with Crippen LogP contribution in [0, 0.1) is 12.3 Å². The number of nitrogens with zero attached hydrogens (tertiary/aromatic N) is 1. The lowest BCUT2D eigenvalue weighted by molar-refractivity contribution is -0.137. The second kappa shape index (κ2) is 8.41. The summed E-state index contributed by atoms with van der Waals surface area (Å²) in [5.74, 6) is 1.73. The average molecular weight is 266 g/mol. The van der Waals surface area contributed by atoms with Crippen LogP contribution < -0.4 is 5.32 Å². The summed E-state index contributed by atoms with van der Waals surface area (Å²) < 4.78 is 0. The highest BCUT2D eigenvalue weighted by atomic mass is 16.4. The van der Waals surface area contributed by atoms with Crippen LogP contribution in [0.5, 0.6) is 0 Å². The minimum Gasteiger partial charge on any atom is -0.481 e. The van der Waals surface area contributed by atoms with Crippen molar-refractivity contribution in [2.45, 2.75) is 51.0 Å². The van der Waals surface area contributed by atoms with Crippen molar-refractivity contribution in [2.75, 3.05) is 13.1 Å². The first-order chi connectivity index (χ1) is 9.15. The van der Waals surface area contributed by atoms with E-state index >= 15 is 0 Å². The van der Waals surface area contributed by atoms with Gasteiger partial charge in [0.25, 0.3) is 0 Å². The Bertz CT molecular complexity index is 349. The van der Waals surface area contributed by atoms with Crippen LogP contribution in [0.2, 0.25) is 0 Å². The van der Waals surface area contributed by atoms with Crippen molar-refractivity contribution in [1.82, 2.24) is 10.2 Å². The molecule has 1 unspecified atom stereocenters. The van der Waals surface area contributed by atoms with E-state index < -0.39 is 5.97 Å². The van der Waals surface area contributed by atoms with E-state index in [9.17, 15) is 9.59 Å². The molecule has 1 fully saturated rings. The van der Waals surface area contributed by atoms with Gasteiger partial charge in [-0.15, -0.1) is 12.3 Å². The van der Waals surface area contributed by atoms with Crippen LogP contribution in [-0.4, -0.2) is 41.1 Å². The molecule has 1 aliphatic heterocycles. The Balaban J connectivity index is 2.39. The minimum absolute atomic E-state index is 0.0532. The summed E-state index contributed by atoms with van der Waals surface area (Å²) in [7, 11) is 0. The van der Waals surface area contributed by atoms with Crippen LogP contribution >= 0.6 is 0 Å². The lowest BCUT2D eigenvalue weighted by atomic mass is 9.98. The molecular formula is C14H22N2O3. The van der Waals surface area contributed by atoms with Crippen molar-refractivity contribution in [3.05, 3.63) is 0 Å². The van der Waals surface area contributed by atoms with Gasteiger partial charge < -0.3 is 15.3 Å². The van der Waals surface area contributed by atoms with Gasteiger partial charge in [0.05, 0.1) is 0 Å². The highest BCUT2D eigenvalue weighted by Gasteiger charge is 2.26. The largest absolute Gasteiger partial charge is 0.481 e. The fourth-order valence-corrected chi connectivity index (χ4v) is 2.35. The molecule has 0 saturated carbocycles. The Morgan fingerprint density at radius 2 is 2.21 bits per heavy atom. The van der Waals surface area contributed by atoms with Crippen LogP contribution in [0.1, 0.15) is 44.9 Å². The zero-order valence-corrected chi connectivity index (χ0v) is 11.2. The van der Waals surface area contributed by atoms with E-state index in [4.69, 9.17) is 11.5 Å². The van der Waals surface area contributed by atoms with Crippen LogP contribution in [0.3, 0.4) is 0 Å². The van der Waals surface area contributed by atoms with Gasteiger partial charge in [-0.2, -0.15) is 0 Å². The molecule has 0 bridgehead atoms. The second-order valence-electron chi connectivity index (χ2n) is 4.82. The molecule has 1 rings (SSSR count). The van der Waals surface area contributed by atoms with E-state index in [1.807, 2.05) is 0 Å². The molecule has 19 heavy (non-hydrogen) atoms. The fraction of sp³-hybridized carbons (Fsp3) is 0.714. The maximum atomic E-state index is 12.0. The molecule has 0 aromatic carbocycles. The van der Waals surface area contributed by atoms with Gasteiger partial charge in [0, 0.05) is 32.0 Å². The highest BCUT2D eigenvalue weighted by molar-refractivity contribution is 5.74. The lowest BCUT2D eigenvalue weighted by Gasteiger charge is -2.35. The number of carbonyl (C=O) groups excluding carboxylic acids is 1. The second-order valence-corrected chi connectivity index (χ2v) is 4.82. The monoisotopic (exact) mass is 266 g/mol. The van der Waals surface area contributed by atoms with Crippen molar-refractivity contribution in [3.8, 4) is 12.3 Å². The Morgan fingerprint density at radius 3 is 2.89 bits per heavy atom. The van der Waals surface area contributed by atoms with Crippen molar-refractivity contribution >= 4 is 12.0 Å². The minimum atomic E-state index is -0.806. The van der Waals surface area contributed by atoms with E-state index in [1.54, 1.807) is 4.90 Å². The zero-order chi connectivity index (χ0) is 14.1. The molecule has 0 radical (unpaired) electrons.